The Bertz CT molecular complexity index is 866. The summed E-state index contributed by atoms with van der Waals surface area (Å²) in [6.07, 6.45) is 0.503. The van der Waals surface area contributed by atoms with E-state index in [-0.39, 0.29) is 12.2 Å². The maximum absolute atomic E-state index is 13.2. The summed E-state index contributed by atoms with van der Waals surface area (Å²) in [4.78, 5) is 10.9. The highest BCUT2D eigenvalue weighted by Gasteiger charge is 2.13. The van der Waals surface area contributed by atoms with Gasteiger partial charge in [-0.25, -0.2) is 4.39 Å². The van der Waals surface area contributed by atoms with Crippen LogP contribution in [-0.4, -0.2) is 15.6 Å². The number of rotatable bonds is 5. The van der Waals surface area contributed by atoms with Gasteiger partial charge in [0.1, 0.15) is 5.82 Å². The molecule has 122 valence electrons. The molecule has 0 aliphatic heterocycles. The van der Waals surface area contributed by atoms with Crippen molar-refractivity contribution in [3.8, 4) is 16.9 Å². The first kappa shape index (κ1) is 16.0. The number of nitrogens with zero attached hydrogens (tertiary/aromatic N) is 1. The quantitative estimate of drug-likeness (QED) is 0.745. The fourth-order valence-corrected chi connectivity index (χ4v) is 2.83. The van der Waals surface area contributed by atoms with Gasteiger partial charge in [-0.1, -0.05) is 12.1 Å². The Labute approximate surface area is 140 Å². The normalized spacial score (nSPS) is 10.8. The van der Waals surface area contributed by atoms with Gasteiger partial charge in [0, 0.05) is 11.4 Å². The SMILES string of the molecule is Cc1cccc(-n2c(CCC(=O)O)ccc2-c2ccc(F)cc2)c1. The maximum atomic E-state index is 13.2. The third-order valence-corrected chi connectivity index (χ3v) is 3.96. The predicted octanol–water partition coefficient (Wildman–Crippen LogP) is 4.61. The summed E-state index contributed by atoms with van der Waals surface area (Å²) in [5.41, 5.74) is 4.82. The number of aliphatic carboxylic acids is 1. The zero-order valence-electron chi connectivity index (χ0n) is 13.4. The minimum absolute atomic E-state index is 0.0681. The van der Waals surface area contributed by atoms with Gasteiger partial charge in [0.15, 0.2) is 0 Å². The molecule has 1 N–H and O–H groups in total. The Morgan fingerprint density at radius 2 is 1.83 bits per heavy atom. The molecule has 2 aromatic carbocycles. The molecule has 0 saturated heterocycles. The van der Waals surface area contributed by atoms with Crippen molar-refractivity contribution in [1.82, 2.24) is 4.57 Å². The van der Waals surface area contributed by atoms with Gasteiger partial charge in [-0.2, -0.15) is 0 Å². The van der Waals surface area contributed by atoms with Gasteiger partial charge >= 0.3 is 5.97 Å². The van der Waals surface area contributed by atoms with E-state index in [1.165, 1.54) is 12.1 Å². The van der Waals surface area contributed by atoms with Crippen LogP contribution in [0.15, 0.2) is 60.7 Å². The lowest BCUT2D eigenvalue weighted by molar-refractivity contribution is -0.136. The van der Waals surface area contributed by atoms with Crippen LogP contribution in [0.2, 0.25) is 0 Å². The second kappa shape index (κ2) is 6.71. The van der Waals surface area contributed by atoms with Crippen molar-refractivity contribution >= 4 is 5.97 Å². The summed E-state index contributed by atoms with van der Waals surface area (Å²) in [5, 5.41) is 8.98. The topological polar surface area (TPSA) is 42.2 Å². The van der Waals surface area contributed by atoms with Crippen LogP contribution in [0.3, 0.4) is 0 Å². The first-order valence-electron chi connectivity index (χ1n) is 7.80. The fraction of sp³-hybridized carbons (Fsp3) is 0.150. The van der Waals surface area contributed by atoms with Crippen molar-refractivity contribution in [2.75, 3.05) is 0 Å². The van der Waals surface area contributed by atoms with Crippen molar-refractivity contribution in [2.24, 2.45) is 0 Å². The molecule has 0 unspecified atom stereocenters. The third kappa shape index (κ3) is 3.38. The van der Waals surface area contributed by atoms with Crippen LogP contribution in [-0.2, 0) is 11.2 Å². The number of halogens is 1. The Balaban J connectivity index is 2.12. The highest BCUT2D eigenvalue weighted by molar-refractivity contribution is 5.68. The molecule has 4 heteroatoms. The molecule has 0 aliphatic carbocycles. The smallest absolute Gasteiger partial charge is 0.303 e. The Morgan fingerprint density at radius 3 is 2.50 bits per heavy atom. The zero-order valence-corrected chi connectivity index (χ0v) is 13.4. The standard InChI is InChI=1S/C20H18FNO2/c1-14-3-2-4-18(13-14)22-17(10-12-20(23)24)9-11-19(22)15-5-7-16(21)8-6-15/h2-9,11,13H,10,12H2,1H3,(H,23,24). The number of hydrogen-bond acceptors (Lipinski definition) is 1. The van der Waals surface area contributed by atoms with E-state index < -0.39 is 5.97 Å². The summed E-state index contributed by atoms with van der Waals surface area (Å²) in [7, 11) is 0. The summed E-state index contributed by atoms with van der Waals surface area (Å²) in [6, 6.07) is 18.2. The van der Waals surface area contributed by atoms with Gasteiger partial charge in [-0.15, -0.1) is 0 Å². The summed E-state index contributed by atoms with van der Waals surface area (Å²) >= 11 is 0. The Kier molecular flexibility index (Phi) is 4.47. The molecule has 24 heavy (non-hydrogen) atoms. The number of benzene rings is 2. The lowest BCUT2D eigenvalue weighted by Gasteiger charge is -2.14. The lowest BCUT2D eigenvalue weighted by atomic mass is 10.1. The summed E-state index contributed by atoms with van der Waals surface area (Å²) < 4.78 is 15.3. The molecule has 3 rings (SSSR count). The van der Waals surface area contributed by atoms with Crippen molar-refractivity contribution in [2.45, 2.75) is 19.8 Å². The number of hydrogen-bond donors (Lipinski definition) is 1. The molecule has 1 heterocycles. The summed E-state index contributed by atoms with van der Waals surface area (Å²) in [6.45, 7) is 2.02. The number of aromatic nitrogens is 1. The molecule has 0 saturated carbocycles. The molecule has 0 spiro atoms. The van der Waals surface area contributed by atoms with E-state index in [1.54, 1.807) is 12.1 Å². The predicted molar refractivity (Wildman–Crippen MR) is 91.9 cm³/mol. The van der Waals surface area contributed by atoms with Crippen LogP contribution in [0.4, 0.5) is 4.39 Å². The molecular weight excluding hydrogens is 305 g/mol. The number of aryl methyl sites for hydroxylation is 2. The van der Waals surface area contributed by atoms with Crippen molar-refractivity contribution in [3.05, 3.63) is 77.7 Å². The Hall–Kier alpha value is -2.88. The molecule has 1 aromatic heterocycles. The molecule has 0 amide bonds. The van der Waals surface area contributed by atoms with E-state index in [0.717, 1.165) is 28.2 Å². The average Bonchev–Trinajstić information content (AvgIpc) is 2.97. The largest absolute Gasteiger partial charge is 0.481 e. The van der Waals surface area contributed by atoms with Gasteiger partial charge < -0.3 is 9.67 Å². The van der Waals surface area contributed by atoms with E-state index in [9.17, 15) is 9.18 Å². The molecule has 3 nitrogen and oxygen atoms in total. The van der Waals surface area contributed by atoms with Crippen LogP contribution < -0.4 is 0 Å². The van der Waals surface area contributed by atoms with E-state index in [4.69, 9.17) is 5.11 Å². The van der Waals surface area contributed by atoms with Gasteiger partial charge in [0.2, 0.25) is 0 Å². The zero-order chi connectivity index (χ0) is 17.1. The van der Waals surface area contributed by atoms with Crippen molar-refractivity contribution in [1.29, 1.82) is 0 Å². The van der Waals surface area contributed by atoms with E-state index >= 15 is 0 Å². The van der Waals surface area contributed by atoms with Crippen LogP contribution in [0.1, 0.15) is 17.7 Å². The first-order chi connectivity index (χ1) is 11.5. The highest BCUT2D eigenvalue weighted by Crippen LogP contribution is 2.28. The van der Waals surface area contributed by atoms with Gasteiger partial charge in [-0.3, -0.25) is 4.79 Å². The van der Waals surface area contributed by atoms with Crippen LogP contribution in [0.25, 0.3) is 16.9 Å². The van der Waals surface area contributed by atoms with Gasteiger partial charge in [0.25, 0.3) is 0 Å². The molecule has 3 aromatic rings. The summed E-state index contributed by atoms with van der Waals surface area (Å²) in [5.74, 6) is -1.10. The molecule has 0 bridgehead atoms. The average molecular weight is 323 g/mol. The van der Waals surface area contributed by atoms with E-state index in [1.807, 2.05) is 41.8 Å². The number of carboxylic acids is 1. The fourth-order valence-electron chi connectivity index (χ4n) is 2.83. The van der Waals surface area contributed by atoms with Crippen molar-refractivity contribution in [3.63, 3.8) is 0 Å². The van der Waals surface area contributed by atoms with Crippen LogP contribution >= 0.6 is 0 Å². The molecular formula is C20H18FNO2. The highest BCUT2D eigenvalue weighted by atomic mass is 19.1. The van der Waals surface area contributed by atoms with Gasteiger partial charge in [0.05, 0.1) is 12.1 Å². The van der Waals surface area contributed by atoms with E-state index in [2.05, 4.69) is 6.07 Å². The second-order valence-electron chi connectivity index (χ2n) is 5.78. The minimum atomic E-state index is -0.824. The van der Waals surface area contributed by atoms with E-state index in [0.29, 0.717) is 6.42 Å². The molecule has 0 aliphatic rings. The molecule has 0 fully saturated rings. The monoisotopic (exact) mass is 323 g/mol. The Morgan fingerprint density at radius 1 is 1.08 bits per heavy atom. The first-order valence-corrected chi connectivity index (χ1v) is 7.80. The molecule has 0 radical (unpaired) electrons. The van der Waals surface area contributed by atoms with Crippen LogP contribution in [0.5, 0.6) is 0 Å². The number of carbonyl (C=O) groups is 1. The van der Waals surface area contributed by atoms with Gasteiger partial charge in [-0.05, 0) is 73.0 Å². The minimum Gasteiger partial charge on any atom is -0.481 e. The second-order valence-corrected chi connectivity index (χ2v) is 5.78. The maximum Gasteiger partial charge on any atom is 0.303 e. The van der Waals surface area contributed by atoms with Crippen LogP contribution in [0, 0.1) is 12.7 Å². The van der Waals surface area contributed by atoms with Crippen molar-refractivity contribution < 1.29 is 14.3 Å². The third-order valence-electron chi connectivity index (χ3n) is 3.96. The molecule has 0 atom stereocenters. The lowest BCUT2D eigenvalue weighted by Crippen LogP contribution is -2.05. The number of carboxylic acid groups (broad SMARTS) is 1.